The van der Waals surface area contributed by atoms with E-state index in [9.17, 15) is 9.59 Å². The summed E-state index contributed by atoms with van der Waals surface area (Å²) in [6.07, 6.45) is 1.90. The van der Waals surface area contributed by atoms with E-state index in [0.29, 0.717) is 5.82 Å². The molecule has 104 valence electrons. The summed E-state index contributed by atoms with van der Waals surface area (Å²) in [5.41, 5.74) is -0.265. The van der Waals surface area contributed by atoms with Crippen molar-refractivity contribution in [3.05, 3.63) is 33.7 Å². The minimum atomic E-state index is -0.897. The Morgan fingerprint density at radius 3 is 2.85 bits per heavy atom. The van der Waals surface area contributed by atoms with Gasteiger partial charge >= 0.3 is 6.09 Å². The molecule has 1 aromatic rings. The number of hydrogen-bond acceptors (Lipinski definition) is 6. The van der Waals surface area contributed by atoms with Crippen LogP contribution < -0.4 is 10.6 Å². The summed E-state index contributed by atoms with van der Waals surface area (Å²) >= 11 is 2.10. The molecule has 1 aromatic heterocycles. The predicted molar refractivity (Wildman–Crippen MR) is 79.4 cm³/mol. The second-order valence-electron chi connectivity index (χ2n) is 3.35. The maximum Gasteiger partial charge on any atom is 0.414 e. The lowest BCUT2D eigenvalue weighted by Gasteiger charge is -2.04. The third-order valence-corrected chi connectivity index (χ3v) is 2.59. The molecular formula is C12H11IN4O3. The zero-order valence-electron chi connectivity index (χ0n) is 10.5. The van der Waals surface area contributed by atoms with Gasteiger partial charge in [0.2, 0.25) is 0 Å². The molecule has 0 aromatic carbocycles. The van der Waals surface area contributed by atoms with Crippen LogP contribution in [0.4, 0.5) is 10.6 Å². The quantitative estimate of drug-likeness (QED) is 0.465. The highest BCUT2D eigenvalue weighted by atomic mass is 127. The van der Waals surface area contributed by atoms with E-state index >= 15 is 0 Å². The van der Waals surface area contributed by atoms with Gasteiger partial charge in [0, 0.05) is 16.0 Å². The standard InChI is InChI=1S/C12H11IN4O3/c1-2-20-12(19)17-11(18)8(5-14)6-15-10-4-3-9(13)7-16-10/h3-4,6-7H,2H2,1H3,(H,15,16)(H,17,18,19)/b8-6+. The third kappa shape index (κ3) is 5.23. The largest absolute Gasteiger partial charge is 0.450 e. The Morgan fingerprint density at radius 1 is 1.55 bits per heavy atom. The van der Waals surface area contributed by atoms with E-state index in [2.05, 4.69) is 37.6 Å². The van der Waals surface area contributed by atoms with Crippen molar-refractivity contribution >= 4 is 40.4 Å². The van der Waals surface area contributed by atoms with Crippen molar-refractivity contribution in [2.75, 3.05) is 11.9 Å². The molecule has 2 amide bonds. The topological polar surface area (TPSA) is 104 Å². The summed E-state index contributed by atoms with van der Waals surface area (Å²) in [5.74, 6) is -0.369. The second kappa shape index (κ2) is 8.11. The molecule has 7 nitrogen and oxygen atoms in total. The van der Waals surface area contributed by atoms with E-state index in [1.807, 2.05) is 11.4 Å². The molecule has 0 aliphatic heterocycles. The first-order chi connectivity index (χ1) is 9.56. The zero-order chi connectivity index (χ0) is 15.0. The van der Waals surface area contributed by atoms with Crippen LogP contribution >= 0.6 is 22.6 Å². The number of carbonyl (C=O) groups excluding carboxylic acids is 2. The Balaban J connectivity index is 2.68. The molecule has 0 unspecified atom stereocenters. The Bertz CT molecular complexity index is 563. The normalized spacial score (nSPS) is 10.3. The lowest BCUT2D eigenvalue weighted by Crippen LogP contribution is -2.32. The summed E-state index contributed by atoms with van der Waals surface area (Å²) in [4.78, 5) is 26.7. The fraction of sp³-hybridized carbons (Fsp3) is 0.167. The van der Waals surface area contributed by atoms with E-state index in [4.69, 9.17) is 5.26 Å². The van der Waals surface area contributed by atoms with Gasteiger partial charge in [0.15, 0.2) is 0 Å². The molecule has 0 aliphatic rings. The number of hydrogen-bond donors (Lipinski definition) is 2. The lowest BCUT2D eigenvalue weighted by atomic mass is 10.3. The number of halogens is 1. The van der Waals surface area contributed by atoms with Gasteiger partial charge in [-0.25, -0.2) is 9.78 Å². The van der Waals surface area contributed by atoms with E-state index in [-0.39, 0.29) is 12.2 Å². The van der Waals surface area contributed by atoms with Crippen molar-refractivity contribution in [1.29, 1.82) is 5.26 Å². The fourth-order valence-corrected chi connectivity index (χ4v) is 1.40. The molecule has 0 spiro atoms. The summed E-state index contributed by atoms with van der Waals surface area (Å²) in [7, 11) is 0. The number of aromatic nitrogens is 1. The first-order valence-electron chi connectivity index (χ1n) is 5.53. The van der Waals surface area contributed by atoms with Gasteiger partial charge in [-0.3, -0.25) is 10.1 Å². The van der Waals surface area contributed by atoms with Crippen LogP contribution in [0.1, 0.15) is 6.92 Å². The second-order valence-corrected chi connectivity index (χ2v) is 4.60. The van der Waals surface area contributed by atoms with Gasteiger partial charge in [0.1, 0.15) is 17.5 Å². The SMILES string of the molecule is CCOC(=O)NC(=O)/C(C#N)=C/Nc1ccc(I)cn1. The number of ether oxygens (including phenoxy) is 1. The Kier molecular flexibility index (Phi) is 6.45. The minimum absolute atomic E-state index is 0.134. The Morgan fingerprint density at radius 2 is 2.30 bits per heavy atom. The molecule has 0 aliphatic carbocycles. The number of imide groups is 1. The number of anilines is 1. The molecular weight excluding hydrogens is 375 g/mol. The highest BCUT2D eigenvalue weighted by Gasteiger charge is 2.13. The summed E-state index contributed by atoms with van der Waals surface area (Å²) in [6.45, 7) is 1.74. The number of pyridine rings is 1. The van der Waals surface area contributed by atoms with E-state index in [1.54, 1.807) is 25.3 Å². The number of carbonyl (C=O) groups is 2. The van der Waals surface area contributed by atoms with Gasteiger partial charge in [-0.15, -0.1) is 0 Å². The summed E-state index contributed by atoms with van der Waals surface area (Å²) < 4.78 is 5.50. The number of nitriles is 1. The molecule has 0 fully saturated rings. The predicted octanol–water partition coefficient (Wildman–Crippen LogP) is 1.78. The highest BCUT2D eigenvalue weighted by Crippen LogP contribution is 2.07. The van der Waals surface area contributed by atoms with Crippen molar-refractivity contribution in [3.8, 4) is 6.07 Å². The number of nitrogens with zero attached hydrogens (tertiary/aromatic N) is 2. The maximum absolute atomic E-state index is 11.6. The smallest absolute Gasteiger partial charge is 0.414 e. The van der Waals surface area contributed by atoms with Gasteiger partial charge in [-0.1, -0.05) is 0 Å². The molecule has 20 heavy (non-hydrogen) atoms. The molecule has 2 N–H and O–H groups in total. The van der Waals surface area contributed by atoms with Crippen LogP contribution in [0.15, 0.2) is 30.1 Å². The van der Waals surface area contributed by atoms with E-state index in [1.165, 1.54) is 6.20 Å². The van der Waals surface area contributed by atoms with Gasteiger partial charge in [-0.05, 0) is 41.6 Å². The van der Waals surface area contributed by atoms with E-state index < -0.39 is 12.0 Å². The van der Waals surface area contributed by atoms with Gasteiger partial charge in [0.25, 0.3) is 5.91 Å². The Hall–Kier alpha value is -2.15. The van der Waals surface area contributed by atoms with Crippen LogP contribution in [-0.2, 0) is 9.53 Å². The number of amides is 2. The fourth-order valence-electron chi connectivity index (χ4n) is 1.08. The van der Waals surface area contributed by atoms with Crippen LogP contribution in [0.2, 0.25) is 0 Å². The lowest BCUT2D eigenvalue weighted by molar-refractivity contribution is -0.116. The van der Waals surface area contributed by atoms with Crippen molar-refractivity contribution in [2.45, 2.75) is 6.92 Å². The van der Waals surface area contributed by atoms with Crippen LogP contribution in [0.3, 0.4) is 0 Å². The number of nitrogens with one attached hydrogen (secondary N) is 2. The van der Waals surface area contributed by atoms with Crippen LogP contribution in [0.5, 0.6) is 0 Å². The molecule has 1 rings (SSSR count). The van der Waals surface area contributed by atoms with Crippen molar-refractivity contribution in [1.82, 2.24) is 10.3 Å². The van der Waals surface area contributed by atoms with Crippen LogP contribution in [0, 0.1) is 14.9 Å². The summed E-state index contributed by atoms with van der Waals surface area (Å²) in [5, 5.41) is 13.5. The highest BCUT2D eigenvalue weighted by molar-refractivity contribution is 14.1. The van der Waals surface area contributed by atoms with Crippen LogP contribution in [0.25, 0.3) is 0 Å². The maximum atomic E-state index is 11.6. The number of alkyl carbamates (subject to hydrolysis) is 1. The molecule has 0 atom stereocenters. The molecule has 1 heterocycles. The first-order valence-corrected chi connectivity index (χ1v) is 6.61. The van der Waals surface area contributed by atoms with Crippen LogP contribution in [-0.4, -0.2) is 23.6 Å². The first kappa shape index (κ1) is 15.9. The zero-order valence-corrected chi connectivity index (χ0v) is 12.7. The van der Waals surface area contributed by atoms with Crippen molar-refractivity contribution in [2.24, 2.45) is 0 Å². The molecule has 8 heteroatoms. The average Bonchev–Trinajstić information content (AvgIpc) is 2.41. The monoisotopic (exact) mass is 386 g/mol. The van der Waals surface area contributed by atoms with Gasteiger partial charge < -0.3 is 10.1 Å². The van der Waals surface area contributed by atoms with Gasteiger partial charge in [-0.2, -0.15) is 5.26 Å². The average molecular weight is 386 g/mol. The van der Waals surface area contributed by atoms with Crippen molar-refractivity contribution < 1.29 is 14.3 Å². The third-order valence-electron chi connectivity index (χ3n) is 1.95. The van der Waals surface area contributed by atoms with E-state index in [0.717, 1.165) is 3.57 Å². The van der Waals surface area contributed by atoms with Gasteiger partial charge in [0.05, 0.1) is 6.61 Å². The minimum Gasteiger partial charge on any atom is -0.450 e. The molecule has 0 saturated carbocycles. The molecule has 0 saturated heterocycles. The Labute approximate surface area is 129 Å². The number of rotatable bonds is 4. The molecule has 0 radical (unpaired) electrons. The molecule has 0 bridgehead atoms. The van der Waals surface area contributed by atoms with Crippen molar-refractivity contribution in [3.63, 3.8) is 0 Å². The summed E-state index contributed by atoms with van der Waals surface area (Å²) in [6, 6.07) is 5.19.